The van der Waals surface area contributed by atoms with E-state index in [2.05, 4.69) is 22.9 Å². The van der Waals surface area contributed by atoms with E-state index in [0.717, 1.165) is 19.3 Å². The van der Waals surface area contributed by atoms with Gasteiger partial charge < -0.3 is 35.6 Å². The molecule has 0 aromatic rings. The zero-order valence-corrected chi connectivity index (χ0v) is 36.5. The van der Waals surface area contributed by atoms with Crippen LogP contribution in [0.1, 0.15) is 109 Å². The van der Waals surface area contributed by atoms with Gasteiger partial charge in [0.15, 0.2) is 0 Å². The Morgan fingerprint density at radius 2 is 0.792 bits per heavy atom. The van der Waals surface area contributed by atoms with Gasteiger partial charge in [-0.05, 0) is 49.0 Å². The van der Waals surface area contributed by atoms with E-state index in [4.69, 9.17) is 0 Å². The SMILES string of the molecule is CCCCCNC(=O)[C@H](C(C)C)N(C)C(=O)[C@H](C(C)C)N(C)C(=O)[C@H](C(C)C)N(C)C(=O)[C@H](C(C)C)N(C)C(=O)[C@@H](NC(=O)[C@@H](NC)C(C)C)C(C)C. The topological polar surface area (TPSA) is 151 Å². The van der Waals surface area contributed by atoms with Crippen molar-refractivity contribution >= 4 is 35.4 Å². The van der Waals surface area contributed by atoms with Crippen LogP contribution < -0.4 is 16.0 Å². The highest BCUT2D eigenvalue weighted by Gasteiger charge is 2.44. The minimum absolute atomic E-state index is 0.00893. The maximum Gasteiger partial charge on any atom is 0.246 e. The molecule has 6 atom stereocenters. The van der Waals surface area contributed by atoms with Crippen molar-refractivity contribution in [2.75, 3.05) is 41.8 Å². The summed E-state index contributed by atoms with van der Waals surface area (Å²) in [5.41, 5.74) is 0. The van der Waals surface area contributed by atoms with E-state index in [1.807, 2.05) is 83.1 Å². The Hall–Kier alpha value is -3.22. The summed E-state index contributed by atoms with van der Waals surface area (Å²) in [5.74, 6) is -3.56. The molecule has 53 heavy (non-hydrogen) atoms. The molecule has 0 saturated carbocycles. The number of amides is 6. The van der Waals surface area contributed by atoms with Gasteiger partial charge in [0.2, 0.25) is 35.4 Å². The first-order chi connectivity index (χ1) is 24.4. The minimum Gasteiger partial charge on any atom is -0.354 e. The van der Waals surface area contributed by atoms with Gasteiger partial charge in [-0.25, -0.2) is 0 Å². The molecule has 0 rings (SSSR count). The van der Waals surface area contributed by atoms with Crippen LogP contribution in [0.3, 0.4) is 0 Å². The van der Waals surface area contributed by atoms with Gasteiger partial charge in [0, 0.05) is 34.7 Å². The quantitative estimate of drug-likeness (QED) is 0.143. The first-order valence-electron chi connectivity index (χ1n) is 19.7. The highest BCUT2D eigenvalue weighted by atomic mass is 16.2. The average Bonchev–Trinajstić information content (AvgIpc) is 3.04. The molecule has 0 aliphatic heterocycles. The summed E-state index contributed by atoms with van der Waals surface area (Å²) in [6.07, 6.45) is 2.87. The lowest BCUT2D eigenvalue weighted by atomic mass is 9.93. The summed E-state index contributed by atoms with van der Waals surface area (Å²) in [5, 5.41) is 8.89. The summed E-state index contributed by atoms with van der Waals surface area (Å²) >= 11 is 0. The van der Waals surface area contributed by atoms with E-state index in [1.54, 1.807) is 35.2 Å². The van der Waals surface area contributed by atoms with E-state index >= 15 is 0 Å². The lowest BCUT2D eigenvalue weighted by molar-refractivity contribution is -0.157. The van der Waals surface area contributed by atoms with Gasteiger partial charge in [0.1, 0.15) is 30.2 Å². The number of hydrogen-bond acceptors (Lipinski definition) is 7. The molecule has 6 amide bonds. The van der Waals surface area contributed by atoms with Gasteiger partial charge in [-0.1, -0.05) is 103 Å². The van der Waals surface area contributed by atoms with Gasteiger partial charge in [0.25, 0.3) is 0 Å². The van der Waals surface area contributed by atoms with Crippen LogP contribution in [-0.2, 0) is 28.8 Å². The maximum atomic E-state index is 14.5. The van der Waals surface area contributed by atoms with E-state index in [1.165, 1.54) is 19.6 Å². The number of nitrogens with one attached hydrogen (secondary N) is 3. The first kappa shape index (κ1) is 49.8. The van der Waals surface area contributed by atoms with Gasteiger partial charge in [-0.2, -0.15) is 0 Å². The summed E-state index contributed by atoms with van der Waals surface area (Å²) in [7, 11) is 8.00. The molecule has 0 aliphatic carbocycles. The van der Waals surface area contributed by atoms with Crippen LogP contribution in [0.15, 0.2) is 0 Å². The largest absolute Gasteiger partial charge is 0.354 e. The highest BCUT2D eigenvalue weighted by Crippen LogP contribution is 2.24. The molecule has 0 heterocycles. The highest BCUT2D eigenvalue weighted by molar-refractivity contribution is 5.97. The summed E-state index contributed by atoms with van der Waals surface area (Å²) in [4.78, 5) is 89.2. The Balaban J connectivity index is 6.53. The summed E-state index contributed by atoms with van der Waals surface area (Å²) in [6.45, 7) is 25.0. The van der Waals surface area contributed by atoms with Crippen molar-refractivity contribution in [1.29, 1.82) is 0 Å². The van der Waals surface area contributed by atoms with Crippen LogP contribution in [0.5, 0.6) is 0 Å². The number of hydrogen-bond donors (Lipinski definition) is 3. The number of nitrogens with zero attached hydrogens (tertiary/aromatic N) is 4. The number of unbranched alkanes of at least 4 members (excludes halogenated alkanes) is 2. The molecule has 0 aliphatic rings. The molecular formula is C40H77N7O6. The van der Waals surface area contributed by atoms with Crippen molar-refractivity contribution in [3.05, 3.63) is 0 Å². The van der Waals surface area contributed by atoms with Crippen molar-refractivity contribution in [3.63, 3.8) is 0 Å². The zero-order valence-electron chi connectivity index (χ0n) is 36.5. The van der Waals surface area contributed by atoms with Gasteiger partial charge in [0.05, 0.1) is 6.04 Å². The van der Waals surface area contributed by atoms with Crippen molar-refractivity contribution in [1.82, 2.24) is 35.6 Å². The number of carbonyl (C=O) groups is 6. The van der Waals surface area contributed by atoms with Crippen molar-refractivity contribution in [2.45, 2.75) is 146 Å². The predicted molar refractivity (Wildman–Crippen MR) is 213 cm³/mol. The standard InChI is InChI=1S/C40H77N7O6/c1-19-20-21-22-42-36(49)31(25(6)7)44(15)38(51)33(27(10)11)46(17)40(53)34(28(12)13)47(18)39(52)32(26(8)9)45(16)37(50)30(24(4)5)43-35(48)29(41-14)23(2)3/h23-34,41H,19-22H2,1-18H3,(H,42,49)(H,43,48)/t29-,30-,31-,32-,33-,34-/m0/s1. The molecule has 0 fully saturated rings. The summed E-state index contributed by atoms with van der Waals surface area (Å²) in [6, 6.07) is -4.90. The van der Waals surface area contributed by atoms with Gasteiger partial charge >= 0.3 is 0 Å². The molecule has 0 unspecified atom stereocenters. The van der Waals surface area contributed by atoms with E-state index < -0.39 is 54.0 Å². The second kappa shape index (κ2) is 22.9. The third-order valence-corrected chi connectivity index (χ3v) is 10.2. The fraction of sp³-hybridized carbons (Fsp3) is 0.850. The normalized spacial score (nSPS) is 15.2. The first-order valence-corrected chi connectivity index (χ1v) is 19.7. The fourth-order valence-electron chi connectivity index (χ4n) is 7.23. The molecule has 3 N–H and O–H groups in total. The lowest BCUT2D eigenvalue weighted by Gasteiger charge is -2.42. The van der Waals surface area contributed by atoms with Crippen molar-refractivity contribution in [2.24, 2.45) is 35.5 Å². The Labute approximate surface area is 322 Å². The molecule has 0 aromatic carbocycles. The van der Waals surface area contributed by atoms with Crippen LogP contribution in [0.4, 0.5) is 0 Å². The van der Waals surface area contributed by atoms with Crippen molar-refractivity contribution < 1.29 is 28.8 Å². The molecule has 0 radical (unpaired) electrons. The zero-order chi connectivity index (χ0) is 41.7. The molecule has 0 aromatic heterocycles. The smallest absolute Gasteiger partial charge is 0.246 e. The Morgan fingerprint density at radius 1 is 0.453 bits per heavy atom. The second-order valence-electron chi connectivity index (χ2n) is 16.8. The molecule has 0 bridgehead atoms. The summed E-state index contributed by atoms with van der Waals surface area (Å²) < 4.78 is 0. The lowest BCUT2D eigenvalue weighted by Crippen LogP contribution is -2.63. The van der Waals surface area contributed by atoms with E-state index in [-0.39, 0.29) is 53.2 Å². The molecule has 0 saturated heterocycles. The number of carbonyl (C=O) groups excluding carboxylic acids is 6. The third kappa shape index (κ3) is 13.5. The predicted octanol–water partition coefficient (Wildman–Crippen LogP) is 3.61. The van der Waals surface area contributed by atoms with Crippen LogP contribution in [0.25, 0.3) is 0 Å². The number of likely N-dealkylation sites (N-methyl/N-ethyl adjacent to an activating group) is 5. The monoisotopic (exact) mass is 752 g/mol. The molecule has 308 valence electrons. The van der Waals surface area contributed by atoms with Gasteiger partial charge in [-0.3, -0.25) is 28.8 Å². The second-order valence-corrected chi connectivity index (χ2v) is 16.8. The average molecular weight is 752 g/mol. The van der Waals surface area contributed by atoms with Gasteiger partial charge in [-0.15, -0.1) is 0 Å². The van der Waals surface area contributed by atoms with Crippen LogP contribution in [-0.4, -0.2) is 133 Å². The van der Waals surface area contributed by atoms with Crippen molar-refractivity contribution in [3.8, 4) is 0 Å². The molecule has 13 nitrogen and oxygen atoms in total. The van der Waals surface area contributed by atoms with E-state index in [9.17, 15) is 28.8 Å². The fourth-order valence-corrected chi connectivity index (χ4v) is 7.23. The number of rotatable bonds is 22. The Bertz CT molecular complexity index is 1200. The Morgan fingerprint density at radius 3 is 1.09 bits per heavy atom. The molecular weight excluding hydrogens is 674 g/mol. The molecule has 0 spiro atoms. The Kier molecular flexibility index (Phi) is 21.5. The van der Waals surface area contributed by atoms with E-state index in [0.29, 0.717) is 6.54 Å². The molecule has 13 heteroatoms. The van der Waals surface area contributed by atoms with Crippen LogP contribution in [0, 0.1) is 35.5 Å². The van der Waals surface area contributed by atoms with Crippen LogP contribution in [0.2, 0.25) is 0 Å². The maximum absolute atomic E-state index is 14.5. The third-order valence-electron chi connectivity index (χ3n) is 10.2. The van der Waals surface area contributed by atoms with Crippen LogP contribution >= 0.6 is 0 Å². The minimum atomic E-state index is -0.956.